The van der Waals surface area contributed by atoms with Gasteiger partial charge in [0.1, 0.15) is 0 Å². The van der Waals surface area contributed by atoms with Gasteiger partial charge < -0.3 is 5.32 Å². The molecular weight excluding hydrogens is 298 g/mol. The highest BCUT2D eigenvalue weighted by Crippen LogP contribution is 2.45. The summed E-state index contributed by atoms with van der Waals surface area (Å²) in [5, 5.41) is 3.08. The van der Waals surface area contributed by atoms with Crippen molar-refractivity contribution in [2.45, 2.75) is 33.2 Å². The molecule has 124 valence electrons. The van der Waals surface area contributed by atoms with Crippen molar-refractivity contribution in [1.82, 2.24) is 5.32 Å². The number of hydrogen-bond donors (Lipinski definition) is 1. The molecule has 2 aromatic rings. The fourth-order valence-corrected chi connectivity index (χ4v) is 3.09. The fraction of sp³-hybridized carbons (Fsp3) is 0.333. The first kappa shape index (κ1) is 16.4. The van der Waals surface area contributed by atoms with E-state index in [4.69, 9.17) is 0 Å². The molecule has 3 heteroatoms. The molecule has 0 bridgehead atoms. The Hall–Kier alpha value is -2.42. The van der Waals surface area contributed by atoms with Crippen LogP contribution in [0.2, 0.25) is 0 Å². The summed E-state index contributed by atoms with van der Waals surface area (Å²) in [6.07, 6.45) is 1.04. The van der Waals surface area contributed by atoms with Crippen molar-refractivity contribution in [3.8, 4) is 0 Å². The monoisotopic (exact) mass is 321 g/mol. The van der Waals surface area contributed by atoms with Gasteiger partial charge in [-0.2, -0.15) is 0 Å². The molecule has 0 saturated heterocycles. The van der Waals surface area contributed by atoms with E-state index in [-0.39, 0.29) is 23.1 Å². The van der Waals surface area contributed by atoms with E-state index in [1.54, 1.807) is 36.4 Å². The van der Waals surface area contributed by atoms with E-state index in [1.165, 1.54) is 0 Å². The van der Waals surface area contributed by atoms with E-state index in [9.17, 15) is 9.59 Å². The van der Waals surface area contributed by atoms with Gasteiger partial charge in [-0.1, -0.05) is 63.2 Å². The molecule has 1 aliphatic rings. The first-order valence-corrected chi connectivity index (χ1v) is 8.37. The van der Waals surface area contributed by atoms with Gasteiger partial charge in [0.05, 0.1) is 0 Å². The fourth-order valence-electron chi connectivity index (χ4n) is 3.09. The largest absolute Gasteiger partial charge is 0.349 e. The topological polar surface area (TPSA) is 46.2 Å². The molecule has 2 atom stereocenters. The summed E-state index contributed by atoms with van der Waals surface area (Å²) < 4.78 is 0. The maximum Gasteiger partial charge on any atom is 0.251 e. The highest BCUT2D eigenvalue weighted by molar-refractivity contribution is 6.09. The lowest BCUT2D eigenvalue weighted by molar-refractivity contribution is 0.0944. The number of hydrogen-bond acceptors (Lipinski definition) is 2. The van der Waals surface area contributed by atoms with E-state index in [2.05, 4.69) is 26.1 Å². The van der Waals surface area contributed by atoms with Crippen molar-refractivity contribution in [3.05, 3.63) is 71.3 Å². The molecule has 0 heterocycles. The van der Waals surface area contributed by atoms with Crippen LogP contribution in [-0.2, 0) is 0 Å². The first-order chi connectivity index (χ1) is 11.4. The van der Waals surface area contributed by atoms with Crippen LogP contribution in [-0.4, -0.2) is 17.7 Å². The third kappa shape index (κ3) is 3.56. The van der Waals surface area contributed by atoms with Crippen molar-refractivity contribution in [2.75, 3.05) is 0 Å². The van der Waals surface area contributed by atoms with E-state index in [1.807, 2.05) is 18.2 Å². The number of nitrogens with one attached hydrogen (secondary N) is 1. The van der Waals surface area contributed by atoms with Gasteiger partial charge in [-0.15, -0.1) is 0 Å². The molecule has 1 saturated carbocycles. The predicted octanol–water partition coefficient (Wildman–Crippen LogP) is 4.08. The lowest BCUT2D eigenvalue weighted by atomic mass is 9.90. The second kappa shape index (κ2) is 6.23. The van der Waals surface area contributed by atoms with Crippen LogP contribution >= 0.6 is 0 Å². The molecular formula is C21H23NO2. The molecule has 1 aliphatic carbocycles. The smallest absolute Gasteiger partial charge is 0.251 e. The lowest BCUT2D eigenvalue weighted by Gasteiger charge is -2.18. The Morgan fingerprint density at radius 3 is 1.96 bits per heavy atom. The van der Waals surface area contributed by atoms with Crippen molar-refractivity contribution in [2.24, 2.45) is 11.3 Å². The van der Waals surface area contributed by atoms with Crippen LogP contribution < -0.4 is 5.32 Å². The van der Waals surface area contributed by atoms with E-state index >= 15 is 0 Å². The highest BCUT2D eigenvalue weighted by Gasteiger charge is 2.45. The van der Waals surface area contributed by atoms with E-state index < -0.39 is 0 Å². The van der Waals surface area contributed by atoms with E-state index in [0.29, 0.717) is 22.6 Å². The number of ketones is 1. The molecule has 0 aromatic heterocycles. The summed E-state index contributed by atoms with van der Waals surface area (Å²) in [4.78, 5) is 24.7. The Kier molecular flexibility index (Phi) is 4.27. The molecule has 1 amide bonds. The molecule has 0 spiro atoms. The van der Waals surface area contributed by atoms with Crippen LogP contribution in [0.4, 0.5) is 0 Å². The Morgan fingerprint density at radius 1 is 0.875 bits per heavy atom. The Bertz CT molecular complexity index is 742. The zero-order valence-electron chi connectivity index (χ0n) is 14.4. The van der Waals surface area contributed by atoms with Gasteiger partial charge in [0.25, 0.3) is 5.91 Å². The molecule has 1 N–H and O–H groups in total. The lowest BCUT2D eigenvalue weighted by Crippen LogP contribution is -2.29. The average Bonchev–Trinajstić information content (AvgIpc) is 3.35. The minimum absolute atomic E-state index is 0.0300. The average molecular weight is 321 g/mol. The molecule has 3 rings (SSSR count). The summed E-state index contributed by atoms with van der Waals surface area (Å²) in [5.74, 6) is 0.448. The summed E-state index contributed by atoms with van der Waals surface area (Å²) in [5.41, 5.74) is 2.07. The Labute approximate surface area is 143 Å². The zero-order valence-corrected chi connectivity index (χ0v) is 14.4. The summed E-state index contributed by atoms with van der Waals surface area (Å²) in [6.45, 7) is 6.61. The van der Waals surface area contributed by atoms with Crippen LogP contribution in [0.3, 0.4) is 0 Å². The number of amides is 1. The molecule has 2 aromatic carbocycles. The Balaban J connectivity index is 1.65. The molecule has 1 fully saturated rings. The van der Waals surface area contributed by atoms with Gasteiger partial charge >= 0.3 is 0 Å². The highest BCUT2D eigenvalue weighted by atomic mass is 16.1. The van der Waals surface area contributed by atoms with Crippen LogP contribution in [0.5, 0.6) is 0 Å². The van der Waals surface area contributed by atoms with Gasteiger partial charge in [-0.3, -0.25) is 9.59 Å². The van der Waals surface area contributed by atoms with Crippen molar-refractivity contribution in [1.29, 1.82) is 0 Å². The molecule has 24 heavy (non-hydrogen) atoms. The van der Waals surface area contributed by atoms with Gasteiger partial charge in [0.15, 0.2) is 5.78 Å². The first-order valence-electron chi connectivity index (χ1n) is 8.37. The predicted molar refractivity (Wildman–Crippen MR) is 95.1 cm³/mol. The van der Waals surface area contributed by atoms with Gasteiger partial charge in [-0.05, 0) is 29.9 Å². The minimum atomic E-state index is -0.0644. The van der Waals surface area contributed by atoms with Gasteiger partial charge in [0.2, 0.25) is 0 Å². The molecule has 3 nitrogen and oxygen atoms in total. The zero-order chi connectivity index (χ0) is 17.3. The maximum absolute atomic E-state index is 12.4. The number of rotatable bonds is 4. The van der Waals surface area contributed by atoms with Crippen molar-refractivity contribution < 1.29 is 9.59 Å². The summed E-state index contributed by atoms with van der Waals surface area (Å²) in [7, 11) is 0. The second-order valence-electron chi connectivity index (χ2n) is 7.56. The van der Waals surface area contributed by atoms with Gasteiger partial charge in [-0.25, -0.2) is 0 Å². The number of carbonyl (C=O) groups is 2. The van der Waals surface area contributed by atoms with Gasteiger partial charge in [0, 0.05) is 22.7 Å². The molecule has 0 radical (unpaired) electrons. The molecule has 2 unspecified atom stereocenters. The standard InChI is InChI=1S/C21H23NO2/c1-21(2,3)17-13-18(17)22-20(24)16-11-9-15(10-12-16)19(23)14-7-5-4-6-8-14/h4-12,17-18H,13H2,1-3H3,(H,22,24). The maximum atomic E-state index is 12.4. The summed E-state index contributed by atoms with van der Waals surface area (Å²) in [6, 6.07) is 16.3. The SMILES string of the molecule is CC(C)(C)C1CC1NC(=O)c1ccc(C(=O)c2ccccc2)cc1. The van der Waals surface area contributed by atoms with Crippen LogP contribution in [0, 0.1) is 11.3 Å². The minimum Gasteiger partial charge on any atom is -0.349 e. The van der Waals surface area contributed by atoms with Crippen LogP contribution in [0.25, 0.3) is 0 Å². The quantitative estimate of drug-likeness (QED) is 0.862. The van der Waals surface area contributed by atoms with E-state index in [0.717, 1.165) is 6.42 Å². The third-order valence-electron chi connectivity index (χ3n) is 4.66. The number of carbonyl (C=O) groups excluding carboxylic acids is 2. The van der Waals surface area contributed by atoms with Crippen LogP contribution in [0.15, 0.2) is 54.6 Å². The third-order valence-corrected chi connectivity index (χ3v) is 4.66. The second-order valence-corrected chi connectivity index (χ2v) is 7.56. The van der Waals surface area contributed by atoms with Crippen LogP contribution in [0.1, 0.15) is 53.5 Å². The van der Waals surface area contributed by atoms with Crippen molar-refractivity contribution in [3.63, 3.8) is 0 Å². The van der Waals surface area contributed by atoms with Crippen molar-refractivity contribution >= 4 is 11.7 Å². The normalized spacial score (nSPS) is 19.6. The number of benzene rings is 2. The summed E-state index contributed by atoms with van der Waals surface area (Å²) >= 11 is 0. The Morgan fingerprint density at radius 2 is 1.42 bits per heavy atom. The molecule has 0 aliphatic heterocycles.